The molecule has 5 heteroatoms. The average Bonchev–Trinajstić information content (AvgIpc) is 2.11. The minimum atomic E-state index is -2.53. The molecule has 1 heterocycles. The minimum absolute atomic E-state index is 0.0840. The minimum Gasteiger partial charge on any atom is -0.444 e. The summed E-state index contributed by atoms with van der Waals surface area (Å²) in [5.74, 6) is -2.53. The summed E-state index contributed by atoms with van der Waals surface area (Å²) in [6.45, 7) is 6.45. The second-order valence-corrected chi connectivity index (χ2v) is 6.71. The lowest BCUT2D eigenvalue weighted by Gasteiger charge is -2.52. The Balaban J connectivity index is 1.94. The maximum Gasteiger partial charge on any atom is 0.410 e. The Labute approximate surface area is 106 Å². The SMILES string of the molecule is CC(C)(C)OC(=O)N1CCCC2(C1)CC(F)(F)C2. The fourth-order valence-electron chi connectivity index (χ4n) is 3.02. The van der Waals surface area contributed by atoms with Gasteiger partial charge in [-0.1, -0.05) is 0 Å². The van der Waals surface area contributed by atoms with Gasteiger partial charge in [-0.15, -0.1) is 0 Å². The molecule has 2 aliphatic rings. The lowest BCUT2D eigenvalue weighted by Crippen LogP contribution is -2.56. The summed E-state index contributed by atoms with van der Waals surface area (Å²) in [5.41, 5.74) is -0.899. The van der Waals surface area contributed by atoms with Crippen LogP contribution < -0.4 is 0 Å². The van der Waals surface area contributed by atoms with E-state index in [1.54, 1.807) is 4.90 Å². The highest BCUT2D eigenvalue weighted by molar-refractivity contribution is 5.68. The first kappa shape index (κ1) is 13.6. The number of hydrogen-bond acceptors (Lipinski definition) is 2. The van der Waals surface area contributed by atoms with Gasteiger partial charge in [0.15, 0.2) is 0 Å². The van der Waals surface area contributed by atoms with E-state index in [1.807, 2.05) is 20.8 Å². The molecule has 0 N–H and O–H groups in total. The number of likely N-dealkylation sites (tertiary alicyclic amines) is 1. The van der Waals surface area contributed by atoms with Crippen LogP contribution in [-0.2, 0) is 4.74 Å². The smallest absolute Gasteiger partial charge is 0.410 e. The first-order valence-corrected chi connectivity index (χ1v) is 6.47. The van der Waals surface area contributed by atoms with Gasteiger partial charge in [0.1, 0.15) is 5.60 Å². The van der Waals surface area contributed by atoms with Crippen molar-refractivity contribution in [3.8, 4) is 0 Å². The van der Waals surface area contributed by atoms with Crippen molar-refractivity contribution in [2.45, 2.75) is 58.0 Å². The molecule has 0 radical (unpaired) electrons. The van der Waals surface area contributed by atoms with Crippen molar-refractivity contribution in [3.05, 3.63) is 0 Å². The van der Waals surface area contributed by atoms with E-state index in [0.717, 1.165) is 12.8 Å². The number of rotatable bonds is 0. The van der Waals surface area contributed by atoms with Crippen LogP contribution in [0.3, 0.4) is 0 Å². The number of nitrogens with zero attached hydrogens (tertiary/aromatic N) is 1. The molecule has 18 heavy (non-hydrogen) atoms. The van der Waals surface area contributed by atoms with Gasteiger partial charge >= 0.3 is 6.09 Å². The molecule has 0 bridgehead atoms. The summed E-state index contributed by atoms with van der Waals surface area (Å²) in [7, 11) is 0. The quantitative estimate of drug-likeness (QED) is 0.668. The van der Waals surface area contributed by atoms with Crippen molar-refractivity contribution in [1.29, 1.82) is 0 Å². The van der Waals surface area contributed by atoms with E-state index < -0.39 is 11.5 Å². The molecule has 0 aromatic carbocycles. The van der Waals surface area contributed by atoms with Crippen LogP contribution in [0.15, 0.2) is 0 Å². The van der Waals surface area contributed by atoms with Crippen LogP contribution in [0.2, 0.25) is 0 Å². The zero-order chi connectivity index (χ0) is 13.6. The van der Waals surface area contributed by atoms with E-state index in [2.05, 4.69) is 0 Å². The zero-order valence-electron chi connectivity index (χ0n) is 11.3. The molecule has 0 atom stereocenters. The van der Waals surface area contributed by atoms with Crippen LogP contribution in [0.1, 0.15) is 46.5 Å². The number of carbonyl (C=O) groups excluding carboxylic acids is 1. The summed E-state index contributed by atoms with van der Waals surface area (Å²) >= 11 is 0. The highest BCUT2D eigenvalue weighted by atomic mass is 19.3. The number of halogens is 2. The highest BCUT2D eigenvalue weighted by Gasteiger charge is 2.57. The first-order valence-electron chi connectivity index (χ1n) is 6.47. The van der Waals surface area contributed by atoms with Gasteiger partial charge in [0, 0.05) is 25.9 Å². The molecular formula is C13H21F2NO2. The van der Waals surface area contributed by atoms with Crippen molar-refractivity contribution < 1.29 is 18.3 Å². The molecule has 3 nitrogen and oxygen atoms in total. The summed E-state index contributed by atoms with van der Waals surface area (Å²) < 4.78 is 31.4. The number of hydrogen-bond donors (Lipinski definition) is 0. The van der Waals surface area contributed by atoms with Gasteiger partial charge in [-0.3, -0.25) is 0 Å². The van der Waals surface area contributed by atoms with Crippen LogP contribution >= 0.6 is 0 Å². The monoisotopic (exact) mass is 261 g/mol. The Bertz CT molecular complexity index is 341. The van der Waals surface area contributed by atoms with Crippen molar-refractivity contribution in [2.24, 2.45) is 5.41 Å². The number of piperidine rings is 1. The fraction of sp³-hybridized carbons (Fsp3) is 0.923. The second-order valence-electron chi connectivity index (χ2n) is 6.71. The first-order chi connectivity index (χ1) is 8.11. The molecule has 0 aromatic heterocycles. The third-order valence-corrected chi connectivity index (χ3v) is 3.58. The number of alkyl halides is 2. The van der Waals surface area contributed by atoms with E-state index in [4.69, 9.17) is 4.74 Å². The maximum atomic E-state index is 13.0. The van der Waals surface area contributed by atoms with Gasteiger partial charge < -0.3 is 9.64 Å². The van der Waals surface area contributed by atoms with Gasteiger partial charge in [-0.05, 0) is 39.0 Å². The molecule has 2 rings (SSSR count). The van der Waals surface area contributed by atoms with Gasteiger partial charge in [0.2, 0.25) is 5.92 Å². The van der Waals surface area contributed by atoms with Crippen LogP contribution in [0.5, 0.6) is 0 Å². The van der Waals surface area contributed by atoms with Gasteiger partial charge in [-0.25, -0.2) is 13.6 Å². The average molecular weight is 261 g/mol. The number of carbonyl (C=O) groups is 1. The highest BCUT2D eigenvalue weighted by Crippen LogP contribution is 2.56. The van der Waals surface area contributed by atoms with E-state index in [0.29, 0.717) is 13.1 Å². The Morgan fingerprint density at radius 3 is 2.39 bits per heavy atom. The van der Waals surface area contributed by atoms with Crippen molar-refractivity contribution in [3.63, 3.8) is 0 Å². The Hall–Kier alpha value is -0.870. The third kappa shape index (κ3) is 2.93. The number of ether oxygens (including phenoxy) is 1. The maximum absolute atomic E-state index is 13.0. The summed E-state index contributed by atoms with van der Waals surface area (Å²) in [6, 6.07) is 0. The fourth-order valence-corrected chi connectivity index (χ4v) is 3.02. The molecule has 1 amide bonds. The van der Waals surface area contributed by atoms with Crippen LogP contribution in [0.4, 0.5) is 13.6 Å². The van der Waals surface area contributed by atoms with Crippen LogP contribution in [-0.4, -0.2) is 35.6 Å². The molecule has 0 aromatic rings. The van der Waals surface area contributed by atoms with E-state index >= 15 is 0 Å². The molecule has 1 saturated heterocycles. The van der Waals surface area contributed by atoms with E-state index in [9.17, 15) is 13.6 Å². The van der Waals surface area contributed by atoms with Gasteiger partial charge in [0.05, 0.1) is 0 Å². The topological polar surface area (TPSA) is 29.5 Å². The second kappa shape index (κ2) is 4.07. The molecule has 1 aliphatic heterocycles. The lowest BCUT2D eigenvalue weighted by atomic mass is 9.62. The Kier molecular flexibility index (Phi) is 3.06. The predicted octanol–water partition coefficient (Wildman–Crippen LogP) is 3.43. The summed E-state index contributed by atoms with van der Waals surface area (Å²) in [4.78, 5) is 13.5. The van der Waals surface area contributed by atoms with Gasteiger partial charge in [0.25, 0.3) is 0 Å². The molecular weight excluding hydrogens is 240 g/mol. The molecule has 1 spiro atoms. The van der Waals surface area contributed by atoms with Crippen LogP contribution in [0.25, 0.3) is 0 Å². The molecule has 2 fully saturated rings. The van der Waals surface area contributed by atoms with Crippen molar-refractivity contribution >= 4 is 6.09 Å². The van der Waals surface area contributed by atoms with Crippen molar-refractivity contribution in [2.75, 3.05) is 13.1 Å². The Morgan fingerprint density at radius 2 is 1.89 bits per heavy atom. The summed E-state index contributed by atoms with van der Waals surface area (Å²) in [6.07, 6.45) is 1.03. The van der Waals surface area contributed by atoms with E-state index in [1.165, 1.54) is 0 Å². The van der Waals surface area contributed by atoms with Gasteiger partial charge in [-0.2, -0.15) is 0 Å². The molecule has 0 unspecified atom stereocenters. The molecule has 104 valence electrons. The predicted molar refractivity (Wildman–Crippen MR) is 63.7 cm³/mol. The number of amides is 1. The van der Waals surface area contributed by atoms with Crippen molar-refractivity contribution in [1.82, 2.24) is 4.90 Å². The zero-order valence-corrected chi connectivity index (χ0v) is 11.3. The lowest BCUT2D eigenvalue weighted by molar-refractivity contribution is -0.178. The molecule has 1 saturated carbocycles. The summed E-state index contributed by atoms with van der Waals surface area (Å²) in [5, 5.41) is 0. The standard InChI is InChI=1S/C13H21F2NO2/c1-11(2,3)18-10(17)16-6-4-5-12(9-16)7-13(14,15)8-12/h4-9H2,1-3H3. The van der Waals surface area contributed by atoms with Crippen LogP contribution in [0, 0.1) is 5.41 Å². The normalized spacial score (nSPS) is 25.7. The Morgan fingerprint density at radius 1 is 1.28 bits per heavy atom. The third-order valence-electron chi connectivity index (χ3n) is 3.58. The molecule has 1 aliphatic carbocycles. The largest absolute Gasteiger partial charge is 0.444 e. The van der Waals surface area contributed by atoms with E-state index in [-0.39, 0.29) is 24.3 Å².